The lowest BCUT2D eigenvalue weighted by Gasteiger charge is -2.08. The van der Waals surface area contributed by atoms with Gasteiger partial charge in [-0.3, -0.25) is 4.79 Å². The van der Waals surface area contributed by atoms with Crippen LogP contribution in [0.2, 0.25) is 0 Å². The van der Waals surface area contributed by atoms with Gasteiger partial charge in [-0.1, -0.05) is 6.07 Å². The Morgan fingerprint density at radius 2 is 1.81 bits per heavy atom. The fraction of sp³-hybridized carbons (Fsp3) is 0.333. The van der Waals surface area contributed by atoms with Crippen LogP contribution in [0.4, 0.5) is 0 Å². The standard InChI is InChI=1S/C12H14O4/c1-7-5-9(3-4-11(13)14)6-10(8(7)2)12(15)16/h5-6H,3-4H2,1-2H3,(H,13,14)(H,15,16). The molecule has 2 N–H and O–H groups in total. The number of aryl methyl sites for hydroxylation is 2. The maximum atomic E-state index is 10.9. The van der Waals surface area contributed by atoms with Crippen LogP contribution in [-0.2, 0) is 11.2 Å². The molecule has 0 atom stereocenters. The van der Waals surface area contributed by atoms with Crippen molar-refractivity contribution in [3.63, 3.8) is 0 Å². The van der Waals surface area contributed by atoms with Gasteiger partial charge >= 0.3 is 11.9 Å². The van der Waals surface area contributed by atoms with E-state index < -0.39 is 11.9 Å². The van der Waals surface area contributed by atoms with E-state index >= 15 is 0 Å². The second-order valence-corrected chi connectivity index (χ2v) is 3.78. The number of hydrogen-bond acceptors (Lipinski definition) is 2. The maximum Gasteiger partial charge on any atom is 0.335 e. The van der Waals surface area contributed by atoms with E-state index in [1.165, 1.54) is 0 Å². The molecule has 1 aromatic carbocycles. The number of aliphatic carboxylic acids is 1. The van der Waals surface area contributed by atoms with Gasteiger partial charge in [0.15, 0.2) is 0 Å². The summed E-state index contributed by atoms with van der Waals surface area (Å²) in [6, 6.07) is 3.39. The van der Waals surface area contributed by atoms with Gasteiger partial charge in [-0.25, -0.2) is 4.79 Å². The number of carbonyl (C=O) groups is 2. The van der Waals surface area contributed by atoms with Crippen LogP contribution in [0.15, 0.2) is 12.1 Å². The summed E-state index contributed by atoms with van der Waals surface area (Å²) in [5.74, 6) is -1.85. The van der Waals surface area contributed by atoms with Crippen molar-refractivity contribution in [2.75, 3.05) is 0 Å². The van der Waals surface area contributed by atoms with E-state index in [1.54, 1.807) is 13.0 Å². The highest BCUT2D eigenvalue weighted by Crippen LogP contribution is 2.17. The lowest BCUT2D eigenvalue weighted by atomic mass is 9.97. The van der Waals surface area contributed by atoms with Crippen LogP contribution in [0.3, 0.4) is 0 Å². The molecule has 0 heterocycles. The van der Waals surface area contributed by atoms with Crippen molar-refractivity contribution >= 4 is 11.9 Å². The molecule has 0 bridgehead atoms. The van der Waals surface area contributed by atoms with Crippen molar-refractivity contribution in [3.8, 4) is 0 Å². The molecule has 0 aliphatic carbocycles. The zero-order chi connectivity index (χ0) is 12.3. The summed E-state index contributed by atoms with van der Waals surface area (Å²) in [4.78, 5) is 21.4. The minimum absolute atomic E-state index is 0.0154. The molecule has 0 aliphatic rings. The van der Waals surface area contributed by atoms with E-state index in [-0.39, 0.29) is 12.0 Å². The first-order valence-corrected chi connectivity index (χ1v) is 4.97. The number of rotatable bonds is 4. The van der Waals surface area contributed by atoms with Gasteiger partial charge in [0.05, 0.1) is 5.56 Å². The van der Waals surface area contributed by atoms with Crippen LogP contribution in [0.1, 0.15) is 33.5 Å². The van der Waals surface area contributed by atoms with Crippen molar-refractivity contribution in [2.45, 2.75) is 26.7 Å². The summed E-state index contributed by atoms with van der Waals surface area (Å²) < 4.78 is 0. The Morgan fingerprint density at radius 3 is 2.31 bits per heavy atom. The fourth-order valence-corrected chi connectivity index (χ4v) is 1.55. The first kappa shape index (κ1) is 12.2. The first-order valence-electron chi connectivity index (χ1n) is 4.97. The van der Waals surface area contributed by atoms with Gasteiger partial charge in [0, 0.05) is 6.42 Å². The molecule has 0 amide bonds. The number of carboxylic acids is 2. The topological polar surface area (TPSA) is 74.6 Å². The second kappa shape index (κ2) is 4.79. The van der Waals surface area contributed by atoms with Gasteiger partial charge in [0.25, 0.3) is 0 Å². The summed E-state index contributed by atoms with van der Waals surface area (Å²) in [7, 11) is 0. The smallest absolute Gasteiger partial charge is 0.335 e. The first-order chi connectivity index (χ1) is 7.41. The third kappa shape index (κ3) is 2.82. The fourth-order valence-electron chi connectivity index (χ4n) is 1.55. The lowest BCUT2D eigenvalue weighted by molar-refractivity contribution is -0.136. The van der Waals surface area contributed by atoms with Gasteiger partial charge in [-0.15, -0.1) is 0 Å². The van der Waals surface area contributed by atoms with E-state index in [4.69, 9.17) is 10.2 Å². The molecule has 0 radical (unpaired) electrons. The van der Waals surface area contributed by atoms with Crippen LogP contribution in [0.5, 0.6) is 0 Å². The number of aromatic carboxylic acids is 1. The summed E-state index contributed by atoms with van der Waals surface area (Å²) in [5, 5.41) is 17.5. The quantitative estimate of drug-likeness (QED) is 0.817. The van der Waals surface area contributed by atoms with Gasteiger partial charge in [0.1, 0.15) is 0 Å². The molecule has 4 nitrogen and oxygen atoms in total. The van der Waals surface area contributed by atoms with Crippen molar-refractivity contribution in [2.24, 2.45) is 0 Å². The second-order valence-electron chi connectivity index (χ2n) is 3.78. The molecule has 0 saturated heterocycles. The van der Waals surface area contributed by atoms with Crippen LogP contribution < -0.4 is 0 Å². The Bertz CT molecular complexity index is 435. The Kier molecular flexibility index (Phi) is 3.66. The third-order valence-electron chi connectivity index (χ3n) is 2.59. The van der Waals surface area contributed by atoms with Gasteiger partial charge in [0.2, 0.25) is 0 Å². The normalized spacial score (nSPS) is 10.1. The highest BCUT2D eigenvalue weighted by molar-refractivity contribution is 5.90. The molecule has 0 spiro atoms. The molecule has 1 rings (SSSR count). The maximum absolute atomic E-state index is 10.9. The third-order valence-corrected chi connectivity index (χ3v) is 2.59. The minimum Gasteiger partial charge on any atom is -0.481 e. The SMILES string of the molecule is Cc1cc(CCC(=O)O)cc(C(=O)O)c1C. The molecule has 0 aromatic heterocycles. The Balaban J connectivity index is 3.04. The molecule has 4 heteroatoms. The van der Waals surface area contributed by atoms with E-state index in [1.807, 2.05) is 13.0 Å². The highest BCUT2D eigenvalue weighted by Gasteiger charge is 2.11. The summed E-state index contributed by atoms with van der Waals surface area (Å²) in [5.41, 5.74) is 2.61. The van der Waals surface area contributed by atoms with Crippen molar-refractivity contribution in [1.82, 2.24) is 0 Å². The van der Waals surface area contributed by atoms with Crippen LogP contribution in [-0.4, -0.2) is 22.2 Å². The molecular weight excluding hydrogens is 208 g/mol. The van der Waals surface area contributed by atoms with Gasteiger partial charge < -0.3 is 10.2 Å². The average Bonchev–Trinajstić information content (AvgIpc) is 2.19. The van der Waals surface area contributed by atoms with Crippen molar-refractivity contribution < 1.29 is 19.8 Å². The Labute approximate surface area is 93.5 Å². The Hall–Kier alpha value is -1.84. The molecular formula is C12H14O4. The molecule has 16 heavy (non-hydrogen) atoms. The minimum atomic E-state index is -0.974. The molecule has 1 aromatic rings. The predicted octanol–water partition coefficient (Wildman–Crippen LogP) is 2.02. The van der Waals surface area contributed by atoms with Crippen molar-refractivity contribution in [1.29, 1.82) is 0 Å². The number of benzene rings is 1. The van der Waals surface area contributed by atoms with Crippen LogP contribution >= 0.6 is 0 Å². The summed E-state index contributed by atoms with van der Waals surface area (Å²) >= 11 is 0. The average molecular weight is 222 g/mol. The predicted molar refractivity (Wildman–Crippen MR) is 58.8 cm³/mol. The van der Waals surface area contributed by atoms with Gasteiger partial charge in [-0.2, -0.15) is 0 Å². The van der Waals surface area contributed by atoms with E-state index in [0.29, 0.717) is 6.42 Å². The number of hydrogen-bond donors (Lipinski definition) is 2. The van der Waals surface area contributed by atoms with E-state index in [0.717, 1.165) is 16.7 Å². The van der Waals surface area contributed by atoms with E-state index in [9.17, 15) is 9.59 Å². The monoisotopic (exact) mass is 222 g/mol. The Morgan fingerprint density at radius 1 is 1.19 bits per heavy atom. The van der Waals surface area contributed by atoms with E-state index in [2.05, 4.69) is 0 Å². The molecule has 0 aliphatic heterocycles. The highest BCUT2D eigenvalue weighted by atomic mass is 16.4. The van der Waals surface area contributed by atoms with Crippen LogP contribution in [0, 0.1) is 13.8 Å². The molecule has 86 valence electrons. The number of carboxylic acid groups (broad SMARTS) is 2. The molecule has 0 saturated carbocycles. The zero-order valence-corrected chi connectivity index (χ0v) is 9.28. The molecule has 0 unspecified atom stereocenters. The zero-order valence-electron chi connectivity index (χ0n) is 9.28. The van der Waals surface area contributed by atoms with Crippen LogP contribution in [0.25, 0.3) is 0 Å². The van der Waals surface area contributed by atoms with Gasteiger partial charge in [-0.05, 0) is 43.0 Å². The van der Waals surface area contributed by atoms with Crippen molar-refractivity contribution in [3.05, 3.63) is 34.4 Å². The summed E-state index contributed by atoms with van der Waals surface area (Å²) in [6.45, 7) is 3.58. The largest absolute Gasteiger partial charge is 0.481 e. The molecule has 0 fully saturated rings. The lowest BCUT2D eigenvalue weighted by Crippen LogP contribution is -2.04. The summed E-state index contributed by atoms with van der Waals surface area (Å²) in [6.07, 6.45) is 0.373.